The summed E-state index contributed by atoms with van der Waals surface area (Å²) in [5.41, 5.74) is 1.01. The number of anilines is 1. The lowest BCUT2D eigenvalue weighted by atomic mass is 10.1. The first-order valence-corrected chi connectivity index (χ1v) is 8.99. The van der Waals surface area contributed by atoms with Gasteiger partial charge in [-0.2, -0.15) is 0 Å². The molecule has 0 saturated carbocycles. The van der Waals surface area contributed by atoms with Crippen LogP contribution < -0.4 is 5.32 Å². The SMILES string of the molecule is CC(=O)c1ccccc1NC(=O)CSc1n[nH]c(-c2cccs2)n1. The Hall–Kier alpha value is -2.45. The van der Waals surface area contributed by atoms with Gasteiger partial charge in [0.1, 0.15) is 0 Å². The number of amides is 1. The van der Waals surface area contributed by atoms with E-state index in [1.807, 2.05) is 17.5 Å². The lowest BCUT2D eigenvalue weighted by Gasteiger charge is -2.08. The van der Waals surface area contributed by atoms with Crippen LogP contribution in [-0.4, -0.2) is 32.6 Å². The molecule has 0 aliphatic heterocycles. The van der Waals surface area contributed by atoms with Gasteiger partial charge < -0.3 is 5.32 Å². The molecule has 0 spiro atoms. The van der Waals surface area contributed by atoms with Crippen LogP contribution in [0.1, 0.15) is 17.3 Å². The monoisotopic (exact) mass is 358 g/mol. The summed E-state index contributed by atoms with van der Waals surface area (Å²) in [5, 5.41) is 12.2. The van der Waals surface area contributed by atoms with Gasteiger partial charge in [-0.15, -0.1) is 16.4 Å². The number of thiophene rings is 1. The number of benzene rings is 1. The molecule has 0 unspecified atom stereocenters. The maximum absolute atomic E-state index is 12.1. The zero-order valence-corrected chi connectivity index (χ0v) is 14.4. The molecular formula is C16H14N4O2S2. The van der Waals surface area contributed by atoms with Crippen LogP contribution in [0.3, 0.4) is 0 Å². The van der Waals surface area contributed by atoms with Gasteiger partial charge in [0.15, 0.2) is 11.6 Å². The summed E-state index contributed by atoms with van der Waals surface area (Å²) in [5.74, 6) is 0.549. The minimum Gasteiger partial charge on any atom is -0.325 e. The molecule has 0 aliphatic rings. The summed E-state index contributed by atoms with van der Waals surface area (Å²) in [6, 6.07) is 10.8. The van der Waals surface area contributed by atoms with Crippen molar-refractivity contribution in [3.05, 3.63) is 47.3 Å². The van der Waals surface area contributed by atoms with E-state index >= 15 is 0 Å². The van der Waals surface area contributed by atoms with Crippen LogP contribution in [0.5, 0.6) is 0 Å². The van der Waals surface area contributed by atoms with Crippen LogP contribution in [0.25, 0.3) is 10.7 Å². The van der Waals surface area contributed by atoms with Crippen molar-refractivity contribution in [3.8, 4) is 10.7 Å². The predicted molar refractivity (Wildman–Crippen MR) is 95.5 cm³/mol. The number of hydrogen-bond acceptors (Lipinski definition) is 6. The first-order valence-electron chi connectivity index (χ1n) is 7.12. The van der Waals surface area contributed by atoms with E-state index < -0.39 is 0 Å². The van der Waals surface area contributed by atoms with Crippen molar-refractivity contribution in [2.45, 2.75) is 12.1 Å². The second-order valence-corrected chi connectivity index (χ2v) is 6.77. The highest BCUT2D eigenvalue weighted by Gasteiger charge is 2.12. The van der Waals surface area contributed by atoms with Gasteiger partial charge in [0, 0.05) is 5.56 Å². The number of Topliss-reactive ketones (excluding diaryl/α,β-unsaturated/α-hetero) is 1. The zero-order valence-electron chi connectivity index (χ0n) is 12.8. The van der Waals surface area contributed by atoms with Crippen molar-refractivity contribution in [2.75, 3.05) is 11.1 Å². The highest BCUT2D eigenvalue weighted by molar-refractivity contribution is 7.99. The number of carbonyl (C=O) groups excluding carboxylic acids is 2. The van der Waals surface area contributed by atoms with E-state index in [9.17, 15) is 9.59 Å². The van der Waals surface area contributed by atoms with Crippen molar-refractivity contribution < 1.29 is 9.59 Å². The Bertz CT molecular complexity index is 859. The summed E-state index contributed by atoms with van der Waals surface area (Å²) < 4.78 is 0. The summed E-state index contributed by atoms with van der Waals surface area (Å²) in [4.78, 5) is 29.0. The van der Waals surface area contributed by atoms with E-state index in [4.69, 9.17) is 0 Å². The summed E-state index contributed by atoms with van der Waals surface area (Å²) >= 11 is 2.80. The lowest BCUT2D eigenvalue weighted by molar-refractivity contribution is -0.113. The van der Waals surface area contributed by atoms with Crippen molar-refractivity contribution in [2.24, 2.45) is 0 Å². The summed E-state index contributed by atoms with van der Waals surface area (Å²) in [6.45, 7) is 1.47. The van der Waals surface area contributed by atoms with Gasteiger partial charge in [-0.25, -0.2) is 4.98 Å². The maximum atomic E-state index is 12.1. The number of ketones is 1. The number of para-hydroxylation sites is 1. The predicted octanol–water partition coefficient (Wildman–Crippen LogP) is 3.47. The van der Waals surface area contributed by atoms with Crippen molar-refractivity contribution in [1.29, 1.82) is 0 Å². The Morgan fingerprint density at radius 3 is 2.83 bits per heavy atom. The average molecular weight is 358 g/mol. The van der Waals surface area contributed by atoms with Gasteiger partial charge in [0.25, 0.3) is 0 Å². The molecule has 122 valence electrons. The van der Waals surface area contributed by atoms with Crippen LogP contribution in [0.15, 0.2) is 46.9 Å². The van der Waals surface area contributed by atoms with Gasteiger partial charge >= 0.3 is 0 Å². The fraction of sp³-hybridized carbons (Fsp3) is 0.125. The molecule has 6 nitrogen and oxygen atoms in total. The highest BCUT2D eigenvalue weighted by atomic mass is 32.2. The molecule has 0 fully saturated rings. The van der Waals surface area contributed by atoms with E-state index in [-0.39, 0.29) is 17.4 Å². The van der Waals surface area contributed by atoms with Crippen LogP contribution in [0.2, 0.25) is 0 Å². The average Bonchev–Trinajstić information content (AvgIpc) is 3.24. The fourth-order valence-corrected chi connectivity index (χ4v) is 3.31. The number of rotatable bonds is 6. The maximum Gasteiger partial charge on any atom is 0.234 e. The number of thioether (sulfide) groups is 1. The van der Waals surface area contributed by atoms with Crippen LogP contribution >= 0.6 is 23.1 Å². The van der Waals surface area contributed by atoms with E-state index in [0.717, 1.165) is 4.88 Å². The molecule has 8 heteroatoms. The number of nitrogens with zero attached hydrogens (tertiary/aromatic N) is 2. The molecule has 3 rings (SSSR count). The van der Waals surface area contributed by atoms with Gasteiger partial charge in [-0.05, 0) is 30.5 Å². The summed E-state index contributed by atoms with van der Waals surface area (Å²) in [7, 11) is 0. The smallest absolute Gasteiger partial charge is 0.234 e. The van der Waals surface area contributed by atoms with Gasteiger partial charge in [0.2, 0.25) is 11.1 Å². The number of aromatic amines is 1. The molecular weight excluding hydrogens is 344 g/mol. The zero-order chi connectivity index (χ0) is 16.9. The Morgan fingerprint density at radius 1 is 1.25 bits per heavy atom. The lowest BCUT2D eigenvalue weighted by Crippen LogP contribution is -2.16. The Balaban J connectivity index is 1.59. The number of H-pyrrole nitrogens is 1. The molecule has 1 amide bonds. The molecule has 2 N–H and O–H groups in total. The number of hydrogen-bond donors (Lipinski definition) is 2. The minimum atomic E-state index is -0.212. The number of aromatic nitrogens is 3. The van der Waals surface area contributed by atoms with Gasteiger partial charge in [0.05, 0.1) is 16.3 Å². The molecule has 3 aromatic rings. The van der Waals surface area contributed by atoms with E-state index in [2.05, 4.69) is 20.5 Å². The fourth-order valence-electron chi connectivity index (χ4n) is 2.05. The molecule has 0 aliphatic carbocycles. The third-order valence-electron chi connectivity index (χ3n) is 3.13. The molecule has 0 saturated heterocycles. The Morgan fingerprint density at radius 2 is 2.08 bits per heavy atom. The highest BCUT2D eigenvalue weighted by Crippen LogP contribution is 2.23. The first kappa shape index (κ1) is 16.4. The van der Waals surface area contributed by atoms with Gasteiger partial charge in [-0.3, -0.25) is 14.7 Å². The van der Waals surface area contributed by atoms with Gasteiger partial charge in [-0.1, -0.05) is 30.0 Å². The third-order valence-corrected chi connectivity index (χ3v) is 4.86. The van der Waals surface area contributed by atoms with E-state index in [1.54, 1.807) is 35.6 Å². The molecule has 24 heavy (non-hydrogen) atoms. The van der Waals surface area contributed by atoms with Crippen LogP contribution in [0, 0.1) is 0 Å². The molecule has 2 aromatic heterocycles. The minimum absolute atomic E-state index is 0.0897. The topological polar surface area (TPSA) is 87.7 Å². The second kappa shape index (κ2) is 7.41. The van der Waals surface area contributed by atoms with Crippen LogP contribution in [0.4, 0.5) is 5.69 Å². The van der Waals surface area contributed by atoms with Crippen molar-refractivity contribution >= 4 is 40.5 Å². The molecule has 0 atom stereocenters. The van der Waals surface area contributed by atoms with E-state index in [0.29, 0.717) is 22.2 Å². The van der Waals surface area contributed by atoms with Crippen LogP contribution in [-0.2, 0) is 4.79 Å². The quantitative estimate of drug-likeness (QED) is 0.520. The Labute approximate surface area is 146 Å². The van der Waals surface area contributed by atoms with Crippen molar-refractivity contribution in [3.63, 3.8) is 0 Å². The normalized spacial score (nSPS) is 10.5. The first-order chi connectivity index (χ1) is 11.6. The largest absolute Gasteiger partial charge is 0.325 e. The standard InChI is InChI=1S/C16H14N4O2S2/c1-10(21)11-5-2-3-6-12(11)17-14(22)9-24-16-18-15(19-20-16)13-7-4-8-23-13/h2-8H,9H2,1H3,(H,17,22)(H,18,19,20). The Kier molecular flexibility index (Phi) is 5.07. The molecule has 0 bridgehead atoms. The molecule has 1 aromatic carbocycles. The molecule has 0 radical (unpaired) electrons. The number of carbonyl (C=O) groups is 2. The summed E-state index contributed by atoms with van der Waals surface area (Å²) in [6.07, 6.45) is 0. The number of nitrogens with one attached hydrogen (secondary N) is 2. The third kappa shape index (κ3) is 3.90. The second-order valence-electron chi connectivity index (χ2n) is 4.88. The molecule has 2 heterocycles. The van der Waals surface area contributed by atoms with Crippen molar-refractivity contribution in [1.82, 2.24) is 15.2 Å². The van der Waals surface area contributed by atoms with E-state index in [1.165, 1.54) is 18.7 Å².